The SMILES string of the molecule is O=C(NCc1ccccc1)C1N([C@@H](CO)Cc2ccccc2)C(=O)[C@@H]2[C@H](C(=O)NCc3ccccc3)[C@@H]3CCC12O3. The summed E-state index contributed by atoms with van der Waals surface area (Å²) in [7, 11) is 0. The molecule has 8 nitrogen and oxygen atoms in total. The minimum Gasteiger partial charge on any atom is -0.394 e. The van der Waals surface area contributed by atoms with Gasteiger partial charge in [0.15, 0.2) is 0 Å². The Bertz CT molecular complexity index is 1390. The third kappa shape index (κ3) is 5.02. The first-order chi connectivity index (χ1) is 20.0. The number of aliphatic hydroxyl groups excluding tert-OH is 1. The van der Waals surface area contributed by atoms with Gasteiger partial charge in [0, 0.05) is 13.1 Å². The maximum atomic E-state index is 14.3. The molecule has 6 rings (SSSR count). The molecule has 0 saturated carbocycles. The van der Waals surface area contributed by atoms with Gasteiger partial charge in [0.1, 0.15) is 11.6 Å². The predicted octanol–water partition coefficient (Wildman–Crippen LogP) is 2.60. The van der Waals surface area contributed by atoms with Crippen molar-refractivity contribution in [2.24, 2.45) is 11.8 Å². The van der Waals surface area contributed by atoms with E-state index in [9.17, 15) is 19.5 Å². The second-order valence-electron chi connectivity index (χ2n) is 11.2. The van der Waals surface area contributed by atoms with Gasteiger partial charge in [-0.1, -0.05) is 91.0 Å². The van der Waals surface area contributed by atoms with E-state index in [0.717, 1.165) is 16.7 Å². The van der Waals surface area contributed by atoms with Crippen LogP contribution in [0.15, 0.2) is 91.0 Å². The van der Waals surface area contributed by atoms with Gasteiger partial charge in [0.25, 0.3) is 0 Å². The molecule has 0 aliphatic carbocycles. The lowest BCUT2D eigenvalue weighted by molar-refractivity contribution is -0.145. The lowest BCUT2D eigenvalue weighted by atomic mass is 9.70. The number of ether oxygens (including phenoxy) is 1. The fourth-order valence-corrected chi connectivity index (χ4v) is 7.01. The van der Waals surface area contributed by atoms with E-state index in [1.165, 1.54) is 4.90 Å². The number of amides is 3. The summed E-state index contributed by atoms with van der Waals surface area (Å²) in [6.07, 6.45) is 1.03. The van der Waals surface area contributed by atoms with Crippen LogP contribution in [0.5, 0.6) is 0 Å². The van der Waals surface area contributed by atoms with Crippen LogP contribution < -0.4 is 10.6 Å². The highest BCUT2D eigenvalue weighted by Gasteiger charge is 2.75. The zero-order valence-electron chi connectivity index (χ0n) is 22.8. The lowest BCUT2D eigenvalue weighted by Crippen LogP contribution is -2.58. The highest BCUT2D eigenvalue weighted by molar-refractivity contribution is 5.99. The van der Waals surface area contributed by atoms with E-state index in [-0.39, 0.29) is 24.3 Å². The fraction of sp³-hybridized carbons (Fsp3) is 0.364. The van der Waals surface area contributed by atoms with Crippen LogP contribution in [0.2, 0.25) is 0 Å². The van der Waals surface area contributed by atoms with Gasteiger partial charge in [0.2, 0.25) is 17.7 Å². The van der Waals surface area contributed by atoms with Crippen molar-refractivity contribution in [1.82, 2.24) is 15.5 Å². The number of benzene rings is 3. The van der Waals surface area contributed by atoms with Gasteiger partial charge in [-0.3, -0.25) is 14.4 Å². The van der Waals surface area contributed by atoms with Gasteiger partial charge in [0.05, 0.1) is 30.6 Å². The van der Waals surface area contributed by atoms with Crippen LogP contribution >= 0.6 is 0 Å². The van der Waals surface area contributed by atoms with E-state index < -0.39 is 35.6 Å². The van der Waals surface area contributed by atoms with Crippen LogP contribution in [0.4, 0.5) is 0 Å². The summed E-state index contributed by atoms with van der Waals surface area (Å²) in [5.74, 6) is -2.38. The Morgan fingerprint density at radius 1 is 0.854 bits per heavy atom. The van der Waals surface area contributed by atoms with Crippen LogP contribution in [0, 0.1) is 11.8 Å². The lowest BCUT2D eigenvalue weighted by Gasteiger charge is -2.36. The van der Waals surface area contributed by atoms with Crippen LogP contribution in [-0.2, 0) is 38.6 Å². The van der Waals surface area contributed by atoms with Gasteiger partial charge >= 0.3 is 0 Å². The van der Waals surface area contributed by atoms with Crippen molar-refractivity contribution >= 4 is 17.7 Å². The normalized spacial score (nSPS) is 27.0. The number of likely N-dealkylation sites (tertiary alicyclic amines) is 1. The van der Waals surface area contributed by atoms with Crippen LogP contribution in [0.25, 0.3) is 0 Å². The number of nitrogens with zero attached hydrogens (tertiary/aromatic N) is 1. The first kappa shape index (κ1) is 27.2. The Balaban J connectivity index is 1.30. The number of rotatable bonds is 10. The smallest absolute Gasteiger partial charge is 0.246 e. The van der Waals surface area contributed by atoms with Crippen molar-refractivity contribution in [3.8, 4) is 0 Å². The standard InChI is InChI=1S/C33H35N3O5/c37-21-25(18-22-10-4-1-5-11-22)36-29(31(39)35-20-24-14-8-3-9-15-24)33-17-16-26(41-33)27(28(33)32(36)40)30(38)34-19-23-12-6-2-7-13-23/h1-15,25-29,37H,16-21H2,(H,34,38)(H,35,39)/t25-,26+,27-,28+,29?,33?/m1/s1. The number of fused-ring (bicyclic) bond motifs is 1. The Morgan fingerprint density at radius 3 is 1.95 bits per heavy atom. The summed E-state index contributed by atoms with van der Waals surface area (Å²) in [6, 6.07) is 27.2. The van der Waals surface area contributed by atoms with E-state index in [1.54, 1.807) is 0 Å². The molecule has 3 aromatic carbocycles. The molecular weight excluding hydrogens is 518 g/mol. The molecule has 3 aliphatic rings. The third-order valence-corrected chi connectivity index (χ3v) is 8.83. The molecule has 212 valence electrons. The topological polar surface area (TPSA) is 108 Å². The molecule has 2 unspecified atom stereocenters. The largest absolute Gasteiger partial charge is 0.394 e. The molecular formula is C33H35N3O5. The van der Waals surface area contributed by atoms with Crippen molar-refractivity contribution in [3.05, 3.63) is 108 Å². The fourth-order valence-electron chi connectivity index (χ4n) is 7.01. The first-order valence-electron chi connectivity index (χ1n) is 14.3. The number of hydrogen-bond donors (Lipinski definition) is 3. The average molecular weight is 554 g/mol. The molecule has 2 bridgehead atoms. The van der Waals surface area contributed by atoms with Crippen molar-refractivity contribution in [1.29, 1.82) is 0 Å². The quantitative estimate of drug-likeness (QED) is 0.358. The minimum absolute atomic E-state index is 0.243. The molecule has 41 heavy (non-hydrogen) atoms. The third-order valence-electron chi connectivity index (χ3n) is 8.83. The van der Waals surface area contributed by atoms with Crippen LogP contribution in [-0.4, -0.2) is 58.1 Å². The van der Waals surface area contributed by atoms with Crippen molar-refractivity contribution in [3.63, 3.8) is 0 Å². The summed E-state index contributed by atoms with van der Waals surface area (Å²) >= 11 is 0. The summed E-state index contributed by atoms with van der Waals surface area (Å²) < 4.78 is 6.54. The number of carbonyl (C=O) groups is 3. The molecule has 3 amide bonds. The van der Waals surface area contributed by atoms with Crippen molar-refractivity contribution in [2.75, 3.05) is 6.61 Å². The van der Waals surface area contributed by atoms with Gasteiger partial charge in [-0.15, -0.1) is 0 Å². The van der Waals surface area contributed by atoms with Gasteiger partial charge in [-0.2, -0.15) is 0 Å². The molecule has 3 N–H and O–H groups in total. The van der Waals surface area contributed by atoms with Crippen molar-refractivity contribution < 1.29 is 24.2 Å². The average Bonchev–Trinajstić information content (AvgIpc) is 3.66. The number of nitrogens with one attached hydrogen (secondary N) is 2. The number of aliphatic hydroxyl groups is 1. The Hall–Kier alpha value is -4.01. The zero-order valence-corrected chi connectivity index (χ0v) is 22.8. The maximum absolute atomic E-state index is 14.3. The molecule has 1 spiro atoms. The van der Waals surface area contributed by atoms with Gasteiger partial charge in [-0.05, 0) is 36.0 Å². The molecule has 6 atom stereocenters. The molecule has 3 saturated heterocycles. The Labute approximate surface area is 239 Å². The van der Waals surface area contributed by atoms with E-state index in [1.807, 2.05) is 91.0 Å². The molecule has 3 fully saturated rings. The highest BCUT2D eigenvalue weighted by Crippen LogP contribution is 2.58. The zero-order chi connectivity index (χ0) is 28.4. The van der Waals surface area contributed by atoms with Crippen LogP contribution in [0.1, 0.15) is 29.5 Å². The monoisotopic (exact) mass is 553 g/mol. The summed E-state index contributed by atoms with van der Waals surface area (Å²) in [5.41, 5.74) is 1.71. The maximum Gasteiger partial charge on any atom is 0.246 e. The van der Waals surface area contributed by atoms with E-state index in [2.05, 4.69) is 10.6 Å². The second kappa shape index (κ2) is 11.5. The minimum atomic E-state index is -1.12. The molecule has 0 aromatic heterocycles. The molecule has 3 heterocycles. The summed E-state index contributed by atoms with van der Waals surface area (Å²) in [5, 5.41) is 16.6. The molecule has 0 radical (unpaired) electrons. The molecule has 3 aliphatic heterocycles. The second-order valence-corrected chi connectivity index (χ2v) is 11.2. The number of carbonyl (C=O) groups excluding carboxylic acids is 3. The van der Waals surface area contributed by atoms with Gasteiger partial charge in [-0.25, -0.2) is 0 Å². The molecule has 8 heteroatoms. The van der Waals surface area contributed by atoms with Crippen LogP contribution in [0.3, 0.4) is 0 Å². The summed E-state index contributed by atoms with van der Waals surface area (Å²) in [4.78, 5) is 43.4. The summed E-state index contributed by atoms with van der Waals surface area (Å²) in [6.45, 7) is 0.320. The van der Waals surface area contributed by atoms with E-state index >= 15 is 0 Å². The predicted molar refractivity (Wildman–Crippen MR) is 152 cm³/mol. The first-order valence-corrected chi connectivity index (χ1v) is 14.3. The Morgan fingerprint density at radius 2 is 1.39 bits per heavy atom. The van der Waals surface area contributed by atoms with Crippen molar-refractivity contribution in [2.45, 2.75) is 56.1 Å². The highest BCUT2D eigenvalue weighted by atomic mass is 16.5. The Kier molecular flexibility index (Phi) is 7.60. The van der Waals surface area contributed by atoms with E-state index in [4.69, 9.17) is 4.74 Å². The van der Waals surface area contributed by atoms with Gasteiger partial charge < -0.3 is 25.4 Å². The molecule has 3 aromatic rings. The number of hydrogen-bond acceptors (Lipinski definition) is 5. The van der Waals surface area contributed by atoms with E-state index in [0.29, 0.717) is 32.4 Å².